The Bertz CT molecular complexity index is 1200. The van der Waals surface area contributed by atoms with E-state index in [9.17, 15) is 5.11 Å². The Labute approximate surface area is 164 Å². The van der Waals surface area contributed by atoms with E-state index >= 15 is 0 Å². The predicted molar refractivity (Wildman–Crippen MR) is 112 cm³/mol. The highest BCUT2D eigenvalue weighted by Gasteiger charge is 2.12. The maximum atomic E-state index is 9.95. The second-order valence-electron chi connectivity index (χ2n) is 7.41. The Morgan fingerprint density at radius 2 is 1.71 bits per heavy atom. The summed E-state index contributed by atoms with van der Waals surface area (Å²) in [6.45, 7) is 5.40. The fourth-order valence-corrected chi connectivity index (χ4v) is 3.13. The van der Waals surface area contributed by atoms with Crippen LogP contribution < -0.4 is 0 Å². The second kappa shape index (κ2) is 6.95. The third kappa shape index (κ3) is 3.66. The standard InChI is InChI=1S/C24H21N3O/c1-17-13-21(15-25-14-17)18-6-8-19(9-7-18)22-16-26-27-12-4-5-20(23(22)27)10-11-24(2,3)28/h4-9,12-16,28H,1-3H3. The number of benzene rings is 1. The van der Waals surface area contributed by atoms with Crippen molar-refractivity contribution in [3.8, 4) is 34.1 Å². The summed E-state index contributed by atoms with van der Waals surface area (Å²) in [5, 5.41) is 14.4. The van der Waals surface area contributed by atoms with Crippen LogP contribution in [0.5, 0.6) is 0 Å². The summed E-state index contributed by atoms with van der Waals surface area (Å²) in [6.07, 6.45) is 7.49. The zero-order valence-electron chi connectivity index (χ0n) is 16.1. The van der Waals surface area contributed by atoms with E-state index in [1.807, 2.05) is 48.4 Å². The summed E-state index contributed by atoms with van der Waals surface area (Å²) < 4.78 is 1.82. The van der Waals surface area contributed by atoms with Gasteiger partial charge in [0.05, 0.1) is 17.3 Å². The number of rotatable bonds is 2. The van der Waals surface area contributed by atoms with Crippen molar-refractivity contribution in [1.29, 1.82) is 0 Å². The number of fused-ring (bicyclic) bond motifs is 1. The van der Waals surface area contributed by atoms with Crippen molar-refractivity contribution in [3.63, 3.8) is 0 Å². The third-order valence-electron chi connectivity index (χ3n) is 4.45. The fraction of sp³-hybridized carbons (Fsp3) is 0.167. The van der Waals surface area contributed by atoms with Crippen LogP contribution in [0.2, 0.25) is 0 Å². The molecule has 3 aromatic heterocycles. The second-order valence-corrected chi connectivity index (χ2v) is 7.41. The Balaban J connectivity index is 1.78. The highest BCUT2D eigenvalue weighted by Crippen LogP contribution is 2.29. The average Bonchev–Trinajstić information content (AvgIpc) is 3.11. The fourth-order valence-electron chi connectivity index (χ4n) is 3.13. The first-order chi connectivity index (χ1) is 13.4. The first-order valence-corrected chi connectivity index (χ1v) is 9.15. The molecule has 0 amide bonds. The zero-order valence-corrected chi connectivity index (χ0v) is 16.1. The highest BCUT2D eigenvalue weighted by molar-refractivity contribution is 5.85. The van der Waals surface area contributed by atoms with Gasteiger partial charge in [0.1, 0.15) is 5.60 Å². The van der Waals surface area contributed by atoms with Gasteiger partial charge >= 0.3 is 0 Å². The number of hydrogen-bond acceptors (Lipinski definition) is 3. The summed E-state index contributed by atoms with van der Waals surface area (Å²) in [6, 6.07) is 14.4. The molecule has 0 saturated carbocycles. The maximum absolute atomic E-state index is 9.95. The van der Waals surface area contributed by atoms with Crippen molar-refractivity contribution in [3.05, 3.63) is 78.4 Å². The van der Waals surface area contributed by atoms with Gasteiger partial charge < -0.3 is 5.11 Å². The highest BCUT2D eigenvalue weighted by atomic mass is 16.3. The molecule has 3 heterocycles. The number of aromatic nitrogens is 3. The van der Waals surface area contributed by atoms with Crippen LogP contribution in [0.1, 0.15) is 25.0 Å². The lowest BCUT2D eigenvalue weighted by atomic mass is 10.00. The first-order valence-electron chi connectivity index (χ1n) is 9.15. The van der Waals surface area contributed by atoms with Crippen molar-refractivity contribution >= 4 is 5.52 Å². The number of pyridine rings is 2. The summed E-state index contributed by atoms with van der Waals surface area (Å²) in [7, 11) is 0. The monoisotopic (exact) mass is 367 g/mol. The van der Waals surface area contributed by atoms with Gasteiger partial charge in [0, 0.05) is 29.7 Å². The lowest BCUT2D eigenvalue weighted by Gasteiger charge is -2.07. The summed E-state index contributed by atoms with van der Waals surface area (Å²) >= 11 is 0. The molecule has 138 valence electrons. The molecule has 1 aromatic carbocycles. The van der Waals surface area contributed by atoms with Crippen LogP contribution >= 0.6 is 0 Å². The van der Waals surface area contributed by atoms with Crippen LogP contribution in [-0.4, -0.2) is 25.3 Å². The largest absolute Gasteiger partial charge is 0.378 e. The Hall–Kier alpha value is -3.42. The summed E-state index contributed by atoms with van der Waals surface area (Å²) in [5.41, 5.74) is 6.16. The van der Waals surface area contributed by atoms with E-state index < -0.39 is 5.60 Å². The molecule has 0 spiro atoms. The van der Waals surface area contributed by atoms with Crippen molar-refractivity contribution < 1.29 is 5.11 Å². The van der Waals surface area contributed by atoms with Gasteiger partial charge in [0.25, 0.3) is 0 Å². The molecule has 0 atom stereocenters. The molecule has 0 unspecified atom stereocenters. The molecule has 28 heavy (non-hydrogen) atoms. The van der Waals surface area contributed by atoms with E-state index in [1.165, 1.54) is 0 Å². The molecule has 0 saturated heterocycles. The van der Waals surface area contributed by atoms with Gasteiger partial charge in [-0.3, -0.25) is 4.98 Å². The molecule has 0 fully saturated rings. The SMILES string of the molecule is Cc1cncc(-c2ccc(-c3cnn4cccc(C#CC(C)(C)O)c34)cc2)c1. The predicted octanol–water partition coefficient (Wildman–Crippen LogP) is 4.49. The van der Waals surface area contributed by atoms with Gasteiger partial charge in [-0.25, -0.2) is 4.52 Å². The van der Waals surface area contributed by atoms with Crippen molar-refractivity contribution in [1.82, 2.24) is 14.6 Å². The minimum absolute atomic E-state index is 0.837. The molecular formula is C24H21N3O. The molecule has 0 aliphatic carbocycles. The van der Waals surface area contributed by atoms with E-state index in [0.717, 1.165) is 38.9 Å². The number of hydrogen-bond donors (Lipinski definition) is 1. The Morgan fingerprint density at radius 1 is 0.964 bits per heavy atom. The smallest absolute Gasteiger partial charge is 0.120 e. The van der Waals surface area contributed by atoms with E-state index in [0.29, 0.717) is 0 Å². The molecule has 4 rings (SSSR count). The Kier molecular flexibility index (Phi) is 4.46. The lowest BCUT2D eigenvalue weighted by molar-refractivity contribution is 0.143. The molecular weight excluding hydrogens is 346 g/mol. The van der Waals surface area contributed by atoms with Gasteiger partial charge in [-0.15, -0.1) is 0 Å². The van der Waals surface area contributed by atoms with Gasteiger partial charge in [-0.05, 0) is 55.7 Å². The maximum Gasteiger partial charge on any atom is 0.120 e. The van der Waals surface area contributed by atoms with Crippen LogP contribution in [0.4, 0.5) is 0 Å². The molecule has 1 N–H and O–H groups in total. The lowest BCUT2D eigenvalue weighted by Crippen LogP contribution is -2.14. The summed E-state index contributed by atoms with van der Waals surface area (Å²) in [4.78, 5) is 4.28. The average molecular weight is 367 g/mol. The molecule has 0 aliphatic rings. The van der Waals surface area contributed by atoms with Crippen molar-refractivity contribution in [2.75, 3.05) is 0 Å². The van der Waals surface area contributed by atoms with E-state index in [2.05, 4.69) is 52.3 Å². The minimum atomic E-state index is -1.05. The number of aryl methyl sites for hydroxylation is 1. The molecule has 0 radical (unpaired) electrons. The third-order valence-corrected chi connectivity index (χ3v) is 4.45. The van der Waals surface area contributed by atoms with Crippen LogP contribution in [0.3, 0.4) is 0 Å². The van der Waals surface area contributed by atoms with Crippen molar-refractivity contribution in [2.45, 2.75) is 26.4 Å². The number of nitrogens with zero attached hydrogens (tertiary/aromatic N) is 3. The van der Waals surface area contributed by atoms with E-state index in [4.69, 9.17) is 0 Å². The van der Waals surface area contributed by atoms with Crippen LogP contribution in [0, 0.1) is 18.8 Å². The van der Waals surface area contributed by atoms with Crippen LogP contribution in [0.25, 0.3) is 27.8 Å². The van der Waals surface area contributed by atoms with Gasteiger partial charge in [-0.2, -0.15) is 5.10 Å². The van der Waals surface area contributed by atoms with Crippen LogP contribution in [-0.2, 0) is 0 Å². The minimum Gasteiger partial charge on any atom is -0.378 e. The number of aliphatic hydroxyl groups is 1. The first kappa shape index (κ1) is 18.0. The normalized spacial score (nSPS) is 11.3. The molecule has 0 bridgehead atoms. The molecule has 0 aliphatic heterocycles. The quantitative estimate of drug-likeness (QED) is 0.531. The topological polar surface area (TPSA) is 50.4 Å². The zero-order chi connectivity index (χ0) is 19.7. The molecule has 4 aromatic rings. The molecule has 4 nitrogen and oxygen atoms in total. The van der Waals surface area contributed by atoms with Gasteiger partial charge in [0.15, 0.2) is 0 Å². The van der Waals surface area contributed by atoms with Crippen molar-refractivity contribution in [2.24, 2.45) is 0 Å². The van der Waals surface area contributed by atoms with E-state index in [1.54, 1.807) is 13.8 Å². The van der Waals surface area contributed by atoms with Gasteiger partial charge in [0.2, 0.25) is 0 Å². The summed E-state index contributed by atoms with van der Waals surface area (Å²) in [5.74, 6) is 5.99. The van der Waals surface area contributed by atoms with Gasteiger partial charge in [-0.1, -0.05) is 36.1 Å². The molecule has 4 heteroatoms. The van der Waals surface area contributed by atoms with Crippen LogP contribution in [0.15, 0.2) is 67.3 Å². The Morgan fingerprint density at radius 3 is 2.43 bits per heavy atom. The van der Waals surface area contributed by atoms with E-state index in [-0.39, 0.29) is 0 Å².